The summed E-state index contributed by atoms with van der Waals surface area (Å²) in [7, 11) is 0. The van der Waals surface area contributed by atoms with Crippen molar-refractivity contribution < 1.29 is 9.53 Å². The minimum absolute atomic E-state index is 0.296. The molecule has 0 heterocycles. The molecule has 0 aliphatic heterocycles. The highest BCUT2D eigenvalue weighted by molar-refractivity contribution is 6.36. The topological polar surface area (TPSA) is 64.3 Å². The fraction of sp³-hybridized carbons (Fsp3) is 0.350. The molecule has 0 saturated carbocycles. The largest absolute Gasteiger partial charge is 0.486 e. The summed E-state index contributed by atoms with van der Waals surface area (Å²) in [5.74, 6) is 0.0159. The zero-order valence-electron chi connectivity index (χ0n) is 15.0. The maximum Gasteiger partial charge on any atom is 0.255 e. The number of halogens is 2. The lowest BCUT2D eigenvalue weighted by atomic mass is 9.92. The van der Waals surface area contributed by atoms with Crippen molar-refractivity contribution in [1.29, 1.82) is 0 Å². The van der Waals surface area contributed by atoms with E-state index in [0.29, 0.717) is 34.5 Å². The normalized spacial score (nSPS) is 11.3. The van der Waals surface area contributed by atoms with Gasteiger partial charge in [-0.15, -0.1) is 0 Å². The van der Waals surface area contributed by atoms with Crippen LogP contribution in [0.4, 0.5) is 0 Å². The number of hydrogen-bond acceptors (Lipinski definition) is 3. The number of carbonyl (C=O) groups is 1. The molecule has 2 aromatic rings. The van der Waals surface area contributed by atoms with Crippen LogP contribution in [0.5, 0.6) is 5.75 Å². The molecular formula is C20H24Cl2N2O2. The Morgan fingerprint density at radius 2 is 1.81 bits per heavy atom. The number of benzene rings is 2. The highest BCUT2D eigenvalue weighted by Crippen LogP contribution is 2.33. The Morgan fingerprint density at radius 1 is 1.15 bits per heavy atom. The SMILES string of the molecule is CCC(CC)(CN)NC(=O)c1cc(Cl)cc(Cl)c1OCc1ccccc1. The standard InChI is InChI=1S/C20H24Cl2N2O2/c1-3-20(4-2,13-23)24-19(25)16-10-15(21)11-17(22)18(16)26-12-14-8-6-5-7-9-14/h5-11H,3-4,12-13,23H2,1-2H3,(H,24,25). The Kier molecular flexibility index (Phi) is 7.33. The summed E-state index contributed by atoms with van der Waals surface area (Å²) in [6.45, 7) is 4.63. The third kappa shape index (κ3) is 4.91. The van der Waals surface area contributed by atoms with Crippen LogP contribution in [-0.4, -0.2) is 18.0 Å². The highest BCUT2D eigenvalue weighted by atomic mass is 35.5. The van der Waals surface area contributed by atoms with Gasteiger partial charge in [0.1, 0.15) is 6.61 Å². The van der Waals surface area contributed by atoms with Gasteiger partial charge in [0.05, 0.1) is 16.1 Å². The highest BCUT2D eigenvalue weighted by Gasteiger charge is 2.28. The minimum atomic E-state index is -0.470. The van der Waals surface area contributed by atoms with Crippen LogP contribution in [0.3, 0.4) is 0 Å². The summed E-state index contributed by atoms with van der Waals surface area (Å²) in [6.07, 6.45) is 1.44. The van der Waals surface area contributed by atoms with E-state index in [1.165, 1.54) is 0 Å². The maximum absolute atomic E-state index is 12.9. The number of hydrogen-bond donors (Lipinski definition) is 2. The molecule has 2 aromatic carbocycles. The van der Waals surface area contributed by atoms with Crippen LogP contribution in [0, 0.1) is 0 Å². The number of nitrogens with two attached hydrogens (primary N) is 1. The van der Waals surface area contributed by atoms with Crippen LogP contribution in [0.2, 0.25) is 10.0 Å². The fourth-order valence-corrected chi connectivity index (χ4v) is 3.23. The average Bonchev–Trinajstić information content (AvgIpc) is 2.65. The van der Waals surface area contributed by atoms with E-state index in [0.717, 1.165) is 18.4 Å². The lowest BCUT2D eigenvalue weighted by Crippen LogP contribution is -2.52. The van der Waals surface area contributed by atoms with E-state index >= 15 is 0 Å². The van der Waals surface area contributed by atoms with Gasteiger partial charge in [0.25, 0.3) is 5.91 Å². The van der Waals surface area contributed by atoms with Crippen LogP contribution in [0.15, 0.2) is 42.5 Å². The van der Waals surface area contributed by atoms with Crippen molar-refractivity contribution in [3.05, 3.63) is 63.6 Å². The zero-order chi connectivity index (χ0) is 19.2. The predicted molar refractivity (Wildman–Crippen MR) is 107 cm³/mol. The van der Waals surface area contributed by atoms with Gasteiger partial charge in [0.2, 0.25) is 0 Å². The van der Waals surface area contributed by atoms with Crippen molar-refractivity contribution in [1.82, 2.24) is 5.32 Å². The van der Waals surface area contributed by atoms with E-state index in [1.807, 2.05) is 44.2 Å². The van der Waals surface area contributed by atoms with E-state index in [-0.39, 0.29) is 5.91 Å². The molecule has 0 aromatic heterocycles. The number of rotatable bonds is 8. The summed E-state index contributed by atoms with van der Waals surface area (Å²) < 4.78 is 5.86. The fourth-order valence-electron chi connectivity index (χ4n) is 2.68. The van der Waals surface area contributed by atoms with E-state index < -0.39 is 5.54 Å². The maximum atomic E-state index is 12.9. The van der Waals surface area contributed by atoms with Crippen molar-refractivity contribution in [2.45, 2.75) is 38.8 Å². The molecule has 0 atom stereocenters. The molecule has 0 aliphatic carbocycles. The number of carbonyl (C=O) groups excluding carboxylic acids is 1. The summed E-state index contributed by atoms with van der Waals surface area (Å²) in [4.78, 5) is 12.9. The molecule has 6 heteroatoms. The lowest BCUT2D eigenvalue weighted by molar-refractivity contribution is 0.0890. The number of ether oxygens (including phenoxy) is 1. The molecule has 0 radical (unpaired) electrons. The molecule has 26 heavy (non-hydrogen) atoms. The van der Waals surface area contributed by atoms with Crippen LogP contribution in [-0.2, 0) is 6.61 Å². The van der Waals surface area contributed by atoms with Crippen LogP contribution >= 0.6 is 23.2 Å². The van der Waals surface area contributed by atoms with Gasteiger partial charge in [-0.3, -0.25) is 4.79 Å². The average molecular weight is 395 g/mol. The molecular weight excluding hydrogens is 371 g/mol. The Balaban J connectivity index is 2.30. The van der Waals surface area contributed by atoms with Crippen LogP contribution in [0.1, 0.15) is 42.6 Å². The zero-order valence-corrected chi connectivity index (χ0v) is 16.5. The van der Waals surface area contributed by atoms with Crippen molar-refractivity contribution >= 4 is 29.1 Å². The first-order chi connectivity index (χ1) is 12.4. The van der Waals surface area contributed by atoms with Gasteiger partial charge < -0.3 is 15.8 Å². The van der Waals surface area contributed by atoms with Gasteiger partial charge in [-0.25, -0.2) is 0 Å². The third-order valence-corrected chi connectivity index (χ3v) is 5.10. The second kappa shape index (κ2) is 9.26. The summed E-state index contributed by atoms with van der Waals surface area (Å²) >= 11 is 12.4. The van der Waals surface area contributed by atoms with Gasteiger partial charge in [-0.05, 0) is 30.5 Å². The molecule has 140 valence electrons. The van der Waals surface area contributed by atoms with E-state index in [1.54, 1.807) is 12.1 Å². The van der Waals surface area contributed by atoms with E-state index in [2.05, 4.69) is 5.32 Å². The smallest absolute Gasteiger partial charge is 0.255 e. The van der Waals surface area contributed by atoms with Crippen molar-refractivity contribution in [2.75, 3.05) is 6.54 Å². The first-order valence-corrected chi connectivity index (χ1v) is 9.38. The second-order valence-electron chi connectivity index (χ2n) is 6.18. The van der Waals surface area contributed by atoms with Crippen molar-refractivity contribution in [3.8, 4) is 5.75 Å². The van der Waals surface area contributed by atoms with Crippen LogP contribution < -0.4 is 15.8 Å². The minimum Gasteiger partial charge on any atom is -0.486 e. The third-order valence-electron chi connectivity index (χ3n) is 4.60. The van der Waals surface area contributed by atoms with Crippen LogP contribution in [0.25, 0.3) is 0 Å². The van der Waals surface area contributed by atoms with Gasteiger partial charge in [0.15, 0.2) is 5.75 Å². The molecule has 1 amide bonds. The predicted octanol–water partition coefficient (Wildman–Crippen LogP) is 4.82. The number of amides is 1. The summed E-state index contributed by atoms with van der Waals surface area (Å²) in [5, 5.41) is 3.70. The van der Waals surface area contributed by atoms with Gasteiger partial charge in [-0.2, -0.15) is 0 Å². The lowest BCUT2D eigenvalue weighted by Gasteiger charge is -2.31. The first-order valence-electron chi connectivity index (χ1n) is 8.63. The Bertz CT molecular complexity index is 739. The molecule has 0 aliphatic rings. The van der Waals surface area contributed by atoms with Gasteiger partial charge in [-0.1, -0.05) is 67.4 Å². The Labute approximate surface area is 164 Å². The molecule has 3 N–H and O–H groups in total. The summed E-state index contributed by atoms with van der Waals surface area (Å²) in [6, 6.07) is 12.8. The monoisotopic (exact) mass is 394 g/mol. The first kappa shape index (κ1) is 20.6. The molecule has 0 bridgehead atoms. The molecule has 0 spiro atoms. The molecule has 0 unspecified atom stereocenters. The van der Waals surface area contributed by atoms with Gasteiger partial charge in [0, 0.05) is 11.6 Å². The molecule has 2 rings (SSSR count). The molecule has 0 saturated heterocycles. The van der Waals surface area contributed by atoms with Gasteiger partial charge >= 0.3 is 0 Å². The Hall–Kier alpha value is -1.75. The quantitative estimate of drug-likeness (QED) is 0.674. The summed E-state index contributed by atoms with van der Waals surface area (Å²) in [5.41, 5.74) is 6.70. The van der Waals surface area contributed by atoms with Crippen molar-refractivity contribution in [3.63, 3.8) is 0 Å². The molecule has 4 nitrogen and oxygen atoms in total. The number of nitrogens with one attached hydrogen (secondary N) is 1. The molecule has 0 fully saturated rings. The Morgan fingerprint density at radius 3 is 2.38 bits per heavy atom. The second-order valence-corrected chi connectivity index (χ2v) is 7.03. The van der Waals surface area contributed by atoms with E-state index in [4.69, 9.17) is 33.7 Å². The van der Waals surface area contributed by atoms with Crippen molar-refractivity contribution in [2.24, 2.45) is 5.73 Å². The van der Waals surface area contributed by atoms with E-state index in [9.17, 15) is 4.79 Å².